The fourth-order valence-corrected chi connectivity index (χ4v) is 4.28. The summed E-state index contributed by atoms with van der Waals surface area (Å²) < 4.78 is 30.8. The van der Waals surface area contributed by atoms with Crippen molar-refractivity contribution in [2.45, 2.75) is 33.7 Å². The highest BCUT2D eigenvalue weighted by molar-refractivity contribution is 7.92. The van der Waals surface area contributed by atoms with Gasteiger partial charge in [0.15, 0.2) is 0 Å². The van der Waals surface area contributed by atoms with Gasteiger partial charge in [-0.25, -0.2) is 13.2 Å². The Balaban J connectivity index is 2.39. The predicted molar refractivity (Wildman–Crippen MR) is 114 cm³/mol. The van der Waals surface area contributed by atoms with Crippen molar-refractivity contribution in [3.05, 3.63) is 58.7 Å². The van der Waals surface area contributed by atoms with Crippen LogP contribution in [0.4, 0.5) is 11.4 Å². The Kier molecular flexibility index (Phi) is 6.69. The van der Waals surface area contributed by atoms with Crippen LogP contribution in [0.1, 0.15) is 34.0 Å². The molecule has 0 radical (unpaired) electrons. The maximum absolute atomic E-state index is 12.9. The Morgan fingerprint density at radius 3 is 2.14 bits per heavy atom. The molecule has 0 aromatic heterocycles. The molecule has 29 heavy (non-hydrogen) atoms. The number of benzene rings is 2. The quantitative estimate of drug-likeness (QED) is 0.727. The normalized spacial score (nSPS) is 12.2. The number of aryl methyl sites for hydroxylation is 3. The number of nitrogens with one attached hydrogen (secondary N) is 1. The van der Waals surface area contributed by atoms with Gasteiger partial charge >= 0.3 is 5.97 Å². The fourth-order valence-electron chi connectivity index (χ4n) is 3.13. The molecule has 2 rings (SSSR count). The van der Waals surface area contributed by atoms with Gasteiger partial charge in [-0.15, -0.1) is 0 Å². The zero-order chi connectivity index (χ0) is 21.9. The van der Waals surface area contributed by atoms with Gasteiger partial charge in [-0.05, 0) is 68.7 Å². The van der Waals surface area contributed by atoms with E-state index in [4.69, 9.17) is 4.74 Å². The summed E-state index contributed by atoms with van der Waals surface area (Å²) in [5.41, 5.74) is 3.64. The molecule has 0 saturated heterocycles. The van der Waals surface area contributed by atoms with Crippen LogP contribution in [0.3, 0.4) is 0 Å². The smallest absolute Gasteiger partial charge is 0.337 e. The molecule has 0 saturated carbocycles. The van der Waals surface area contributed by atoms with Gasteiger partial charge in [0.1, 0.15) is 6.04 Å². The molecule has 1 unspecified atom stereocenters. The van der Waals surface area contributed by atoms with E-state index in [1.807, 2.05) is 19.9 Å². The van der Waals surface area contributed by atoms with E-state index in [2.05, 4.69) is 5.32 Å². The summed E-state index contributed by atoms with van der Waals surface area (Å²) in [6.45, 7) is 7.03. The molecule has 0 aliphatic rings. The second kappa shape index (κ2) is 8.65. The van der Waals surface area contributed by atoms with Crippen LogP contribution in [0, 0.1) is 20.8 Å². The minimum Gasteiger partial charge on any atom is -0.465 e. The van der Waals surface area contributed by atoms with E-state index in [1.54, 1.807) is 31.2 Å². The molecule has 0 spiro atoms. The Morgan fingerprint density at radius 2 is 1.62 bits per heavy atom. The van der Waals surface area contributed by atoms with Gasteiger partial charge in [-0.3, -0.25) is 9.10 Å². The topological polar surface area (TPSA) is 92.8 Å². The highest BCUT2D eigenvalue weighted by Gasteiger charge is 2.29. The summed E-state index contributed by atoms with van der Waals surface area (Å²) >= 11 is 0. The average molecular weight is 419 g/mol. The van der Waals surface area contributed by atoms with Crippen molar-refractivity contribution < 1.29 is 22.7 Å². The van der Waals surface area contributed by atoms with Gasteiger partial charge in [0.25, 0.3) is 0 Å². The molecule has 1 amide bonds. The predicted octanol–water partition coefficient (Wildman–Crippen LogP) is 3.19. The van der Waals surface area contributed by atoms with Gasteiger partial charge < -0.3 is 10.1 Å². The molecule has 0 heterocycles. The first-order valence-corrected chi connectivity index (χ1v) is 10.9. The van der Waals surface area contributed by atoms with Crippen LogP contribution in [-0.4, -0.2) is 39.7 Å². The molecule has 0 bridgehead atoms. The first-order valence-electron chi connectivity index (χ1n) is 9.01. The Hall–Kier alpha value is -2.87. The zero-order valence-corrected chi connectivity index (χ0v) is 18.3. The molecule has 1 N–H and O–H groups in total. The number of esters is 1. The number of carbonyl (C=O) groups is 2. The lowest BCUT2D eigenvalue weighted by Crippen LogP contribution is -2.45. The third-order valence-electron chi connectivity index (χ3n) is 4.47. The summed E-state index contributed by atoms with van der Waals surface area (Å²) in [6, 6.07) is 9.15. The molecule has 0 fully saturated rings. The van der Waals surface area contributed by atoms with E-state index in [9.17, 15) is 18.0 Å². The first-order chi connectivity index (χ1) is 13.4. The SMILES string of the molecule is COC(=O)c1ccc(C)c(NC(=O)C(C)N(c2cc(C)cc(C)c2)S(C)(=O)=O)c1. The lowest BCUT2D eigenvalue weighted by molar-refractivity contribution is -0.116. The van der Waals surface area contributed by atoms with Crippen LogP contribution in [0.15, 0.2) is 36.4 Å². The number of sulfonamides is 1. The largest absolute Gasteiger partial charge is 0.465 e. The minimum absolute atomic E-state index is 0.287. The molecule has 156 valence electrons. The van der Waals surface area contributed by atoms with Gasteiger partial charge in [-0.2, -0.15) is 0 Å². The highest BCUT2D eigenvalue weighted by atomic mass is 32.2. The fraction of sp³-hybridized carbons (Fsp3) is 0.333. The summed E-state index contributed by atoms with van der Waals surface area (Å²) in [4.78, 5) is 24.7. The number of rotatable bonds is 6. The van der Waals surface area contributed by atoms with Crippen LogP contribution in [0.2, 0.25) is 0 Å². The van der Waals surface area contributed by atoms with Gasteiger partial charge in [0.05, 0.1) is 24.6 Å². The molecular formula is C21H26N2O5S. The molecule has 2 aromatic rings. The standard InChI is InChI=1S/C21H26N2O5S/c1-13-9-14(2)11-18(10-13)23(29(6,26)27)16(4)20(24)22-19-12-17(21(25)28-5)8-7-15(19)3/h7-12,16H,1-6H3,(H,22,24). The van der Waals surface area contributed by atoms with Gasteiger partial charge in [0.2, 0.25) is 15.9 Å². The summed E-state index contributed by atoms with van der Waals surface area (Å²) in [6.07, 6.45) is 1.07. The van der Waals surface area contributed by atoms with Crippen LogP contribution in [-0.2, 0) is 19.6 Å². The third kappa shape index (κ3) is 5.35. The molecule has 7 nitrogen and oxygen atoms in total. The molecule has 2 aromatic carbocycles. The summed E-state index contributed by atoms with van der Waals surface area (Å²) in [5, 5.41) is 2.73. The van der Waals surface area contributed by atoms with E-state index < -0.39 is 27.9 Å². The van der Waals surface area contributed by atoms with Crippen LogP contribution >= 0.6 is 0 Å². The lowest BCUT2D eigenvalue weighted by atomic mass is 10.1. The second-order valence-corrected chi connectivity index (χ2v) is 8.95. The zero-order valence-electron chi connectivity index (χ0n) is 17.4. The maximum Gasteiger partial charge on any atom is 0.337 e. The van der Waals surface area contributed by atoms with Crippen LogP contribution in [0.25, 0.3) is 0 Å². The number of methoxy groups -OCH3 is 1. The van der Waals surface area contributed by atoms with E-state index in [1.165, 1.54) is 20.1 Å². The summed E-state index contributed by atoms with van der Waals surface area (Å²) in [5.74, 6) is -1.04. The summed E-state index contributed by atoms with van der Waals surface area (Å²) in [7, 11) is -2.45. The van der Waals surface area contributed by atoms with Gasteiger partial charge in [0, 0.05) is 5.69 Å². The third-order valence-corrected chi connectivity index (χ3v) is 5.71. The second-order valence-electron chi connectivity index (χ2n) is 7.09. The number of hydrogen-bond acceptors (Lipinski definition) is 5. The molecule has 1 atom stereocenters. The number of amides is 1. The van der Waals surface area contributed by atoms with Crippen LogP contribution in [0.5, 0.6) is 0 Å². The van der Waals surface area contributed by atoms with Crippen molar-refractivity contribution in [2.24, 2.45) is 0 Å². The van der Waals surface area contributed by atoms with Crippen LogP contribution < -0.4 is 9.62 Å². The molecule has 8 heteroatoms. The van der Waals surface area contributed by atoms with Crippen molar-refractivity contribution in [3.8, 4) is 0 Å². The van der Waals surface area contributed by atoms with Crippen molar-refractivity contribution in [1.29, 1.82) is 0 Å². The van der Waals surface area contributed by atoms with Crippen molar-refractivity contribution >= 4 is 33.3 Å². The highest BCUT2D eigenvalue weighted by Crippen LogP contribution is 2.25. The number of carbonyl (C=O) groups excluding carboxylic acids is 2. The van der Waals surface area contributed by atoms with Crippen molar-refractivity contribution in [1.82, 2.24) is 0 Å². The van der Waals surface area contributed by atoms with E-state index in [0.717, 1.165) is 27.3 Å². The monoisotopic (exact) mass is 418 g/mol. The minimum atomic E-state index is -3.73. The molecular weight excluding hydrogens is 392 g/mol. The van der Waals surface area contributed by atoms with Gasteiger partial charge in [-0.1, -0.05) is 12.1 Å². The Morgan fingerprint density at radius 1 is 1.03 bits per heavy atom. The number of ether oxygens (including phenoxy) is 1. The Bertz CT molecular complexity index is 1030. The average Bonchev–Trinajstić information content (AvgIpc) is 2.60. The number of nitrogens with zero attached hydrogens (tertiary/aromatic N) is 1. The van der Waals surface area contributed by atoms with Crippen molar-refractivity contribution in [2.75, 3.05) is 23.0 Å². The number of hydrogen-bond donors (Lipinski definition) is 1. The molecule has 0 aliphatic carbocycles. The maximum atomic E-state index is 12.9. The Labute approximate surface area is 171 Å². The van der Waals surface area contributed by atoms with E-state index >= 15 is 0 Å². The lowest BCUT2D eigenvalue weighted by Gasteiger charge is -2.29. The first kappa shape index (κ1) is 22.4. The van der Waals surface area contributed by atoms with E-state index in [-0.39, 0.29) is 5.56 Å². The van der Waals surface area contributed by atoms with E-state index in [0.29, 0.717) is 11.4 Å². The molecule has 0 aliphatic heterocycles. The van der Waals surface area contributed by atoms with Crippen molar-refractivity contribution in [3.63, 3.8) is 0 Å². The number of anilines is 2.